The van der Waals surface area contributed by atoms with E-state index in [0.717, 1.165) is 18.8 Å². The third-order valence-corrected chi connectivity index (χ3v) is 3.81. The number of hydrogen-bond donors (Lipinski definition) is 0. The van der Waals surface area contributed by atoms with Crippen molar-refractivity contribution in [3.63, 3.8) is 0 Å². The van der Waals surface area contributed by atoms with Crippen molar-refractivity contribution in [2.24, 2.45) is 0 Å². The number of benzene rings is 1. The second-order valence-electron chi connectivity index (χ2n) is 5.58. The number of nitrogens with zero attached hydrogens (tertiary/aromatic N) is 2. The van der Waals surface area contributed by atoms with Crippen LogP contribution in [0, 0.1) is 0 Å². The van der Waals surface area contributed by atoms with E-state index < -0.39 is 0 Å². The summed E-state index contributed by atoms with van der Waals surface area (Å²) in [6.07, 6.45) is 8.76. The zero-order valence-electron chi connectivity index (χ0n) is 13.0. The molecule has 0 saturated carbocycles. The minimum absolute atomic E-state index is 0.0330. The van der Waals surface area contributed by atoms with Gasteiger partial charge in [0.1, 0.15) is 5.75 Å². The van der Waals surface area contributed by atoms with E-state index in [4.69, 9.17) is 4.74 Å². The maximum absolute atomic E-state index is 12.2. The predicted molar refractivity (Wildman–Crippen MR) is 89.6 cm³/mol. The van der Waals surface area contributed by atoms with Gasteiger partial charge in [0, 0.05) is 43.2 Å². The van der Waals surface area contributed by atoms with Gasteiger partial charge >= 0.3 is 0 Å². The third kappa shape index (κ3) is 4.42. The van der Waals surface area contributed by atoms with Crippen LogP contribution in [0.25, 0.3) is 0 Å². The Bertz CT molecular complexity index is 660. The highest BCUT2D eigenvalue weighted by Crippen LogP contribution is 2.18. The number of ether oxygens (including phenoxy) is 1. The van der Waals surface area contributed by atoms with Gasteiger partial charge in [-0.05, 0) is 37.5 Å². The molecule has 1 aliphatic rings. The molecule has 0 amide bonds. The van der Waals surface area contributed by atoms with Gasteiger partial charge in [-0.2, -0.15) is 0 Å². The highest BCUT2D eigenvalue weighted by atomic mass is 16.5. The molecule has 23 heavy (non-hydrogen) atoms. The van der Waals surface area contributed by atoms with Gasteiger partial charge in [-0.15, -0.1) is 0 Å². The van der Waals surface area contributed by atoms with E-state index in [0.29, 0.717) is 11.4 Å². The first kappa shape index (κ1) is 15.3. The lowest BCUT2D eigenvalue weighted by molar-refractivity contribution is 0.104. The van der Waals surface area contributed by atoms with E-state index in [1.165, 1.54) is 19.3 Å². The van der Waals surface area contributed by atoms with Crippen molar-refractivity contribution < 1.29 is 9.53 Å². The van der Waals surface area contributed by atoms with Crippen molar-refractivity contribution in [3.05, 3.63) is 66.5 Å². The number of carbonyl (C=O) groups excluding carboxylic acids is 1. The predicted octanol–water partition coefficient (Wildman–Crippen LogP) is 4.06. The van der Waals surface area contributed by atoms with E-state index in [2.05, 4.69) is 9.88 Å². The van der Waals surface area contributed by atoms with Gasteiger partial charge in [-0.3, -0.25) is 4.79 Å². The van der Waals surface area contributed by atoms with Crippen molar-refractivity contribution >= 4 is 5.78 Å². The molecule has 1 saturated heterocycles. The van der Waals surface area contributed by atoms with E-state index in [-0.39, 0.29) is 5.78 Å². The van der Waals surface area contributed by atoms with Crippen LogP contribution in [-0.4, -0.2) is 28.8 Å². The van der Waals surface area contributed by atoms with Crippen molar-refractivity contribution in [2.45, 2.75) is 19.3 Å². The van der Waals surface area contributed by atoms with Crippen molar-refractivity contribution in [1.29, 1.82) is 0 Å². The maximum atomic E-state index is 12.2. The topological polar surface area (TPSA) is 42.4 Å². The second kappa shape index (κ2) is 7.58. The number of allylic oxidation sites excluding steroid dienone is 1. The van der Waals surface area contributed by atoms with Crippen LogP contribution in [-0.2, 0) is 0 Å². The molecule has 1 fully saturated rings. The first-order chi connectivity index (χ1) is 11.3. The van der Waals surface area contributed by atoms with Gasteiger partial charge in [0.2, 0.25) is 5.88 Å². The average molecular weight is 308 g/mol. The lowest BCUT2D eigenvalue weighted by atomic mass is 10.1. The third-order valence-electron chi connectivity index (χ3n) is 3.81. The molecule has 1 aliphatic heterocycles. The summed E-state index contributed by atoms with van der Waals surface area (Å²) in [7, 11) is 0. The number of ketones is 1. The smallest absolute Gasteiger partial charge is 0.219 e. The van der Waals surface area contributed by atoms with Gasteiger partial charge in [-0.25, -0.2) is 4.98 Å². The first-order valence-electron chi connectivity index (χ1n) is 7.97. The Morgan fingerprint density at radius 1 is 1.04 bits per heavy atom. The van der Waals surface area contributed by atoms with Crippen molar-refractivity contribution in [2.75, 3.05) is 13.1 Å². The molecular weight excluding hydrogens is 288 g/mol. The van der Waals surface area contributed by atoms with Crippen LogP contribution in [0.5, 0.6) is 11.6 Å². The fourth-order valence-electron chi connectivity index (χ4n) is 2.53. The lowest BCUT2D eigenvalue weighted by Crippen LogP contribution is -2.24. The molecule has 0 spiro atoms. The van der Waals surface area contributed by atoms with Gasteiger partial charge in [-0.1, -0.05) is 18.2 Å². The Balaban J connectivity index is 1.60. The number of likely N-dealkylation sites (tertiary alicyclic amines) is 1. The Labute approximate surface area is 136 Å². The SMILES string of the molecule is O=C(C=CN1CCCCC1)c1ccc(Oc2ccccc2)nc1. The highest BCUT2D eigenvalue weighted by molar-refractivity contribution is 6.04. The molecular formula is C19H20N2O2. The van der Waals surface area contributed by atoms with Crippen molar-refractivity contribution in [1.82, 2.24) is 9.88 Å². The summed E-state index contributed by atoms with van der Waals surface area (Å²) < 4.78 is 5.62. The monoisotopic (exact) mass is 308 g/mol. The minimum Gasteiger partial charge on any atom is -0.439 e. The maximum Gasteiger partial charge on any atom is 0.219 e. The van der Waals surface area contributed by atoms with Gasteiger partial charge in [0.05, 0.1) is 0 Å². The van der Waals surface area contributed by atoms with E-state index in [1.54, 1.807) is 24.4 Å². The summed E-state index contributed by atoms with van der Waals surface area (Å²) in [5.41, 5.74) is 0.568. The normalized spacial score (nSPS) is 14.9. The number of pyridine rings is 1. The lowest BCUT2D eigenvalue weighted by Gasteiger charge is -2.24. The van der Waals surface area contributed by atoms with Crippen LogP contribution in [0.4, 0.5) is 0 Å². The van der Waals surface area contributed by atoms with Gasteiger partial charge < -0.3 is 9.64 Å². The first-order valence-corrected chi connectivity index (χ1v) is 7.97. The summed E-state index contributed by atoms with van der Waals surface area (Å²) in [5.74, 6) is 1.17. The van der Waals surface area contributed by atoms with Crippen LogP contribution < -0.4 is 4.74 Å². The van der Waals surface area contributed by atoms with Gasteiger partial charge in [0.15, 0.2) is 5.78 Å². The summed E-state index contributed by atoms with van der Waals surface area (Å²) in [6.45, 7) is 2.07. The van der Waals surface area contributed by atoms with Crippen LogP contribution in [0.1, 0.15) is 29.6 Å². The second-order valence-corrected chi connectivity index (χ2v) is 5.58. The average Bonchev–Trinajstić information content (AvgIpc) is 2.62. The Morgan fingerprint density at radius 2 is 1.83 bits per heavy atom. The van der Waals surface area contributed by atoms with Crippen LogP contribution in [0.3, 0.4) is 0 Å². The minimum atomic E-state index is -0.0330. The number of hydrogen-bond acceptors (Lipinski definition) is 4. The van der Waals surface area contributed by atoms with Crippen LogP contribution in [0.15, 0.2) is 60.9 Å². The molecule has 2 heterocycles. The number of aromatic nitrogens is 1. The summed E-state index contributed by atoms with van der Waals surface area (Å²) in [5, 5.41) is 0. The summed E-state index contributed by atoms with van der Waals surface area (Å²) >= 11 is 0. The number of piperidine rings is 1. The van der Waals surface area contributed by atoms with E-state index >= 15 is 0 Å². The Morgan fingerprint density at radius 3 is 2.52 bits per heavy atom. The van der Waals surface area contributed by atoms with Crippen LogP contribution in [0.2, 0.25) is 0 Å². The van der Waals surface area contributed by atoms with Crippen molar-refractivity contribution in [3.8, 4) is 11.6 Å². The molecule has 3 rings (SSSR count). The van der Waals surface area contributed by atoms with Gasteiger partial charge in [0.25, 0.3) is 0 Å². The molecule has 1 aromatic carbocycles. The molecule has 4 nitrogen and oxygen atoms in total. The van der Waals surface area contributed by atoms with Crippen LogP contribution >= 0.6 is 0 Å². The van der Waals surface area contributed by atoms with E-state index in [1.807, 2.05) is 36.5 Å². The highest BCUT2D eigenvalue weighted by Gasteiger charge is 2.08. The molecule has 0 bridgehead atoms. The Kier molecular flexibility index (Phi) is 5.04. The molecule has 0 N–H and O–H groups in total. The molecule has 118 valence electrons. The zero-order chi connectivity index (χ0) is 15.9. The largest absolute Gasteiger partial charge is 0.439 e. The number of para-hydroxylation sites is 1. The number of carbonyl (C=O) groups is 1. The molecule has 1 aromatic heterocycles. The van der Waals surface area contributed by atoms with E-state index in [9.17, 15) is 4.79 Å². The molecule has 0 aliphatic carbocycles. The molecule has 0 radical (unpaired) electrons. The summed E-state index contributed by atoms with van der Waals surface area (Å²) in [4.78, 5) is 18.6. The zero-order valence-corrected chi connectivity index (χ0v) is 13.0. The quantitative estimate of drug-likeness (QED) is 0.617. The molecule has 0 atom stereocenters. The molecule has 2 aromatic rings. The molecule has 0 unspecified atom stereocenters. The Hall–Kier alpha value is -2.62. The fourth-order valence-corrected chi connectivity index (χ4v) is 2.53. The molecule has 4 heteroatoms. The fraction of sp³-hybridized carbons (Fsp3) is 0.263. The standard InChI is InChI=1S/C19H20N2O2/c22-18(11-14-21-12-5-2-6-13-21)16-9-10-19(20-15-16)23-17-7-3-1-4-8-17/h1,3-4,7-11,14-15H,2,5-6,12-13H2. The summed E-state index contributed by atoms with van der Waals surface area (Å²) in [6, 6.07) is 12.9. The number of rotatable bonds is 5.